The third-order valence-corrected chi connectivity index (χ3v) is 5.87. The van der Waals surface area contributed by atoms with Crippen LogP contribution in [-0.4, -0.2) is 37.7 Å². The maximum absolute atomic E-state index is 14.2. The van der Waals surface area contributed by atoms with Gasteiger partial charge in [0.1, 0.15) is 0 Å². The first kappa shape index (κ1) is 17.4. The summed E-state index contributed by atoms with van der Waals surface area (Å²) in [6, 6.07) is 5.15. The maximum atomic E-state index is 14.2. The molecule has 0 aliphatic carbocycles. The molecule has 3 heterocycles. The average Bonchev–Trinajstić information content (AvgIpc) is 3.15. The lowest BCUT2D eigenvalue weighted by atomic mass is 10.1. The van der Waals surface area contributed by atoms with E-state index in [1.165, 1.54) is 41.2 Å². The van der Waals surface area contributed by atoms with E-state index >= 15 is 0 Å². The van der Waals surface area contributed by atoms with Crippen molar-refractivity contribution in [3.63, 3.8) is 0 Å². The Morgan fingerprint density at radius 2 is 2.20 bits per heavy atom. The standard InChI is InChI=1S/C16H15FN4O2S2/c1-20-7-6-19-15(20)25-14-12(11-4-3-5-18-13(11)17)8-10(24-14)9-21(2)16(22)23/h3-8H,9H2,1-2H3,(H,22,23). The van der Waals surface area contributed by atoms with Crippen LogP contribution in [0.1, 0.15) is 4.88 Å². The highest BCUT2D eigenvalue weighted by Crippen LogP contribution is 2.42. The molecule has 0 saturated carbocycles. The van der Waals surface area contributed by atoms with Crippen LogP contribution in [0.2, 0.25) is 0 Å². The molecule has 0 spiro atoms. The van der Waals surface area contributed by atoms with Crippen LogP contribution in [0.5, 0.6) is 0 Å². The van der Waals surface area contributed by atoms with Gasteiger partial charge in [0.15, 0.2) is 5.16 Å². The summed E-state index contributed by atoms with van der Waals surface area (Å²) >= 11 is 2.84. The van der Waals surface area contributed by atoms with Gasteiger partial charge in [0, 0.05) is 48.7 Å². The Bertz CT molecular complexity index is 909. The molecule has 3 aromatic rings. The number of aryl methyl sites for hydroxylation is 1. The average molecular weight is 378 g/mol. The molecule has 0 atom stereocenters. The number of carboxylic acid groups (broad SMARTS) is 1. The molecule has 3 aromatic heterocycles. The Balaban J connectivity index is 2.02. The summed E-state index contributed by atoms with van der Waals surface area (Å²) in [5, 5.41) is 9.84. The van der Waals surface area contributed by atoms with E-state index in [1.807, 2.05) is 23.9 Å². The zero-order valence-electron chi connectivity index (χ0n) is 13.5. The summed E-state index contributed by atoms with van der Waals surface area (Å²) in [7, 11) is 3.38. The van der Waals surface area contributed by atoms with Gasteiger partial charge in [-0.2, -0.15) is 4.39 Å². The van der Waals surface area contributed by atoms with E-state index in [-0.39, 0.29) is 6.54 Å². The first-order valence-corrected chi connectivity index (χ1v) is 8.92. The lowest BCUT2D eigenvalue weighted by molar-refractivity contribution is 0.154. The number of halogens is 1. The van der Waals surface area contributed by atoms with Crippen molar-refractivity contribution in [2.24, 2.45) is 7.05 Å². The minimum atomic E-state index is -1.01. The summed E-state index contributed by atoms with van der Waals surface area (Å²) in [4.78, 5) is 21.1. The second-order valence-corrected chi connectivity index (χ2v) is 7.69. The van der Waals surface area contributed by atoms with Crippen LogP contribution in [0.15, 0.2) is 46.2 Å². The van der Waals surface area contributed by atoms with E-state index in [1.54, 1.807) is 18.3 Å². The third kappa shape index (κ3) is 3.83. The maximum Gasteiger partial charge on any atom is 0.407 e. The van der Waals surface area contributed by atoms with E-state index in [4.69, 9.17) is 5.11 Å². The van der Waals surface area contributed by atoms with Crippen molar-refractivity contribution in [2.45, 2.75) is 15.9 Å². The van der Waals surface area contributed by atoms with Crippen LogP contribution in [0.25, 0.3) is 11.1 Å². The molecule has 6 nitrogen and oxygen atoms in total. The summed E-state index contributed by atoms with van der Waals surface area (Å²) < 4.78 is 16.9. The van der Waals surface area contributed by atoms with Crippen molar-refractivity contribution in [1.29, 1.82) is 0 Å². The van der Waals surface area contributed by atoms with Crippen LogP contribution in [-0.2, 0) is 13.6 Å². The van der Waals surface area contributed by atoms with Crippen LogP contribution < -0.4 is 0 Å². The van der Waals surface area contributed by atoms with Gasteiger partial charge < -0.3 is 14.6 Å². The zero-order chi connectivity index (χ0) is 18.0. The van der Waals surface area contributed by atoms with Crippen molar-refractivity contribution >= 4 is 29.2 Å². The van der Waals surface area contributed by atoms with Crippen LogP contribution in [0, 0.1) is 5.95 Å². The quantitative estimate of drug-likeness (QED) is 0.681. The molecular formula is C16H15FN4O2S2. The zero-order valence-corrected chi connectivity index (χ0v) is 15.1. The van der Waals surface area contributed by atoms with Crippen LogP contribution >= 0.6 is 23.1 Å². The molecule has 1 amide bonds. The highest BCUT2D eigenvalue weighted by atomic mass is 32.2. The fourth-order valence-corrected chi connectivity index (χ4v) is 4.61. The van der Waals surface area contributed by atoms with E-state index in [2.05, 4.69) is 9.97 Å². The van der Waals surface area contributed by atoms with Gasteiger partial charge in [-0.15, -0.1) is 11.3 Å². The van der Waals surface area contributed by atoms with Crippen molar-refractivity contribution in [3.8, 4) is 11.1 Å². The molecule has 0 bridgehead atoms. The number of carbonyl (C=O) groups is 1. The van der Waals surface area contributed by atoms with Gasteiger partial charge in [-0.25, -0.2) is 14.8 Å². The highest BCUT2D eigenvalue weighted by molar-refractivity contribution is 8.01. The van der Waals surface area contributed by atoms with Gasteiger partial charge in [0.05, 0.1) is 10.8 Å². The van der Waals surface area contributed by atoms with Crippen molar-refractivity contribution in [2.75, 3.05) is 7.05 Å². The number of thiophene rings is 1. The number of imidazole rings is 1. The Kier molecular flexibility index (Phi) is 5.05. The number of amides is 1. The van der Waals surface area contributed by atoms with E-state index in [0.29, 0.717) is 11.1 Å². The highest BCUT2D eigenvalue weighted by Gasteiger charge is 2.19. The Labute approximate surface area is 152 Å². The summed E-state index contributed by atoms with van der Waals surface area (Å²) in [5.74, 6) is -0.555. The summed E-state index contributed by atoms with van der Waals surface area (Å²) in [6.07, 6.45) is 3.91. The van der Waals surface area contributed by atoms with Gasteiger partial charge in [-0.05, 0) is 30.0 Å². The fourth-order valence-electron chi connectivity index (χ4n) is 2.19. The first-order chi connectivity index (χ1) is 12.0. The van der Waals surface area contributed by atoms with E-state index in [9.17, 15) is 9.18 Å². The first-order valence-electron chi connectivity index (χ1n) is 7.28. The topological polar surface area (TPSA) is 71.2 Å². The Hall–Kier alpha value is -2.39. The molecule has 0 unspecified atom stereocenters. The molecule has 25 heavy (non-hydrogen) atoms. The van der Waals surface area contributed by atoms with Crippen LogP contribution in [0.3, 0.4) is 0 Å². The number of aromatic nitrogens is 3. The van der Waals surface area contributed by atoms with Crippen molar-refractivity contribution in [1.82, 2.24) is 19.4 Å². The molecule has 0 aliphatic rings. The number of pyridine rings is 1. The fraction of sp³-hybridized carbons (Fsp3) is 0.188. The van der Waals surface area contributed by atoms with Gasteiger partial charge in [0.2, 0.25) is 5.95 Å². The van der Waals surface area contributed by atoms with Gasteiger partial charge in [-0.1, -0.05) is 0 Å². The van der Waals surface area contributed by atoms with Gasteiger partial charge >= 0.3 is 6.09 Å². The molecule has 9 heteroatoms. The second kappa shape index (κ2) is 7.24. The smallest absolute Gasteiger partial charge is 0.407 e. The third-order valence-electron chi connectivity index (χ3n) is 3.48. The minimum Gasteiger partial charge on any atom is -0.465 e. The van der Waals surface area contributed by atoms with Crippen molar-refractivity contribution < 1.29 is 14.3 Å². The molecule has 3 rings (SSSR count). The van der Waals surface area contributed by atoms with Gasteiger partial charge in [0.25, 0.3) is 0 Å². The predicted molar refractivity (Wildman–Crippen MR) is 94.3 cm³/mol. The molecule has 0 fully saturated rings. The lowest BCUT2D eigenvalue weighted by Crippen LogP contribution is -2.23. The number of rotatable bonds is 5. The summed E-state index contributed by atoms with van der Waals surface area (Å²) in [6.45, 7) is 0.232. The summed E-state index contributed by atoms with van der Waals surface area (Å²) in [5.41, 5.74) is 1.08. The van der Waals surface area contributed by atoms with E-state index < -0.39 is 12.0 Å². The largest absolute Gasteiger partial charge is 0.465 e. The molecule has 130 valence electrons. The monoisotopic (exact) mass is 378 g/mol. The van der Waals surface area contributed by atoms with E-state index in [0.717, 1.165) is 14.2 Å². The number of hydrogen-bond donors (Lipinski definition) is 1. The number of hydrogen-bond acceptors (Lipinski definition) is 5. The SMILES string of the molecule is CN(Cc1cc(-c2cccnc2F)c(Sc2nccn2C)s1)C(=O)O. The number of nitrogens with zero attached hydrogens (tertiary/aromatic N) is 4. The molecule has 0 aromatic carbocycles. The van der Waals surface area contributed by atoms with Crippen LogP contribution in [0.4, 0.5) is 9.18 Å². The molecular weight excluding hydrogens is 363 g/mol. The Morgan fingerprint density at radius 3 is 2.84 bits per heavy atom. The lowest BCUT2D eigenvalue weighted by Gasteiger charge is -2.10. The Morgan fingerprint density at radius 1 is 1.40 bits per heavy atom. The van der Waals surface area contributed by atoms with Gasteiger partial charge in [-0.3, -0.25) is 0 Å². The molecule has 0 radical (unpaired) electrons. The minimum absolute atomic E-state index is 0.232. The van der Waals surface area contributed by atoms with Crippen molar-refractivity contribution in [3.05, 3.63) is 47.6 Å². The molecule has 0 aliphatic heterocycles. The normalized spacial score (nSPS) is 10.8. The second-order valence-electron chi connectivity index (χ2n) is 5.32. The molecule has 1 N–H and O–H groups in total. The molecule has 0 saturated heterocycles. The predicted octanol–water partition coefficient (Wildman–Crippen LogP) is 3.94.